The number of aryl methyl sites for hydroxylation is 2. The molecule has 0 aliphatic rings. The third kappa shape index (κ3) is 6.08. The average molecular weight is 442 g/mol. The molecule has 0 bridgehead atoms. The Hall–Kier alpha value is -3.33. The normalized spacial score (nSPS) is 10.5. The minimum Gasteiger partial charge on any atom is -0.482 e. The first-order valence-electron chi connectivity index (χ1n) is 9.67. The summed E-state index contributed by atoms with van der Waals surface area (Å²) in [4.78, 5) is 28.7. The van der Waals surface area contributed by atoms with Crippen LogP contribution in [0.25, 0.3) is 0 Å². The quantitative estimate of drug-likeness (QED) is 0.390. The molecule has 1 amide bonds. The molecule has 0 aliphatic heterocycles. The minimum atomic E-state index is -0.452. The topological polar surface area (TPSA) is 104 Å². The highest BCUT2D eigenvalue weighted by atomic mass is 32.2. The number of thioether (sulfide) groups is 1. The standard InChI is InChI=1S/C22H23N3O5S/c1-4-28-20(26)12-29-17-8-5-7-16(11-17)24-21(27)18-9-6-10-23-22(18)31-13-19-14(2)25-30-15(19)3/h5-11H,4,12-13H2,1-3H3,(H,24,27). The lowest BCUT2D eigenvalue weighted by Gasteiger charge is -2.11. The van der Waals surface area contributed by atoms with Gasteiger partial charge < -0.3 is 19.3 Å². The monoisotopic (exact) mass is 441 g/mol. The first-order valence-corrected chi connectivity index (χ1v) is 10.7. The van der Waals surface area contributed by atoms with Crippen molar-refractivity contribution < 1.29 is 23.6 Å². The average Bonchev–Trinajstić information content (AvgIpc) is 3.09. The number of nitrogens with zero attached hydrogens (tertiary/aromatic N) is 2. The Morgan fingerprint density at radius 2 is 2.03 bits per heavy atom. The van der Waals surface area contributed by atoms with E-state index in [0.29, 0.717) is 34.4 Å². The number of pyridine rings is 1. The van der Waals surface area contributed by atoms with Crippen LogP contribution in [0.1, 0.15) is 34.3 Å². The van der Waals surface area contributed by atoms with Crippen molar-refractivity contribution in [3.05, 3.63) is 65.2 Å². The molecule has 9 heteroatoms. The number of carbonyl (C=O) groups is 2. The third-order valence-corrected chi connectivity index (χ3v) is 5.34. The maximum atomic E-state index is 12.9. The highest BCUT2D eigenvalue weighted by Gasteiger charge is 2.16. The second kappa shape index (κ2) is 10.6. The summed E-state index contributed by atoms with van der Waals surface area (Å²) in [6.45, 7) is 5.57. The zero-order valence-corrected chi connectivity index (χ0v) is 18.3. The molecule has 31 heavy (non-hydrogen) atoms. The van der Waals surface area contributed by atoms with Crippen molar-refractivity contribution in [1.82, 2.24) is 10.1 Å². The number of hydrogen-bond acceptors (Lipinski definition) is 8. The number of rotatable bonds is 9. The van der Waals surface area contributed by atoms with Gasteiger partial charge in [-0.3, -0.25) is 4.79 Å². The van der Waals surface area contributed by atoms with Crippen LogP contribution in [0.4, 0.5) is 5.69 Å². The smallest absolute Gasteiger partial charge is 0.344 e. The van der Waals surface area contributed by atoms with Gasteiger partial charge in [0.15, 0.2) is 6.61 Å². The SMILES string of the molecule is CCOC(=O)COc1cccc(NC(=O)c2cccnc2SCc2c(C)noc2C)c1. The molecule has 0 fully saturated rings. The number of aromatic nitrogens is 2. The van der Waals surface area contributed by atoms with E-state index in [0.717, 1.165) is 17.0 Å². The molecule has 2 aromatic heterocycles. The number of ether oxygens (including phenoxy) is 2. The molecule has 1 aromatic carbocycles. The van der Waals surface area contributed by atoms with Gasteiger partial charge in [0, 0.05) is 29.3 Å². The summed E-state index contributed by atoms with van der Waals surface area (Å²) in [5, 5.41) is 7.41. The fraction of sp³-hybridized carbons (Fsp3) is 0.273. The first-order chi connectivity index (χ1) is 15.0. The lowest BCUT2D eigenvalue weighted by atomic mass is 10.2. The summed E-state index contributed by atoms with van der Waals surface area (Å²) >= 11 is 1.44. The molecule has 2 heterocycles. The highest BCUT2D eigenvalue weighted by Crippen LogP contribution is 2.28. The van der Waals surface area contributed by atoms with Crippen LogP contribution in [0.3, 0.4) is 0 Å². The molecule has 0 saturated heterocycles. The maximum Gasteiger partial charge on any atom is 0.344 e. The molecule has 1 N–H and O–H groups in total. The predicted molar refractivity (Wildman–Crippen MR) is 116 cm³/mol. The van der Waals surface area contributed by atoms with Crippen molar-refractivity contribution in [2.24, 2.45) is 0 Å². The van der Waals surface area contributed by atoms with Gasteiger partial charge in [-0.15, -0.1) is 11.8 Å². The van der Waals surface area contributed by atoms with Crippen molar-refractivity contribution >= 4 is 29.3 Å². The van der Waals surface area contributed by atoms with Gasteiger partial charge in [-0.05, 0) is 45.0 Å². The van der Waals surface area contributed by atoms with Crippen LogP contribution in [0, 0.1) is 13.8 Å². The Labute approximate surface area is 184 Å². The van der Waals surface area contributed by atoms with E-state index in [2.05, 4.69) is 15.5 Å². The van der Waals surface area contributed by atoms with Crippen LogP contribution in [-0.4, -0.2) is 35.2 Å². The lowest BCUT2D eigenvalue weighted by molar-refractivity contribution is -0.145. The molecule has 0 atom stereocenters. The van der Waals surface area contributed by atoms with Crippen LogP contribution in [0.2, 0.25) is 0 Å². The number of esters is 1. The largest absolute Gasteiger partial charge is 0.482 e. The van der Waals surface area contributed by atoms with Crippen LogP contribution < -0.4 is 10.1 Å². The van der Waals surface area contributed by atoms with Crippen LogP contribution in [-0.2, 0) is 15.3 Å². The minimum absolute atomic E-state index is 0.198. The van der Waals surface area contributed by atoms with Gasteiger partial charge >= 0.3 is 5.97 Å². The van der Waals surface area contributed by atoms with Crippen LogP contribution >= 0.6 is 11.8 Å². The molecule has 0 saturated carbocycles. The molecule has 8 nitrogen and oxygen atoms in total. The molecule has 0 spiro atoms. The number of nitrogens with one attached hydrogen (secondary N) is 1. The predicted octanol–water partition coefficient (Wildman–Crippen LogP) is 4.17. The highest BCUT2D eigenvalue weighted by molar-refractivity contribution is 7.98. The fourth-order valence-electron chi connectivity index (χ4n) is 2.73. The van der Waals surface area contributed by atoms with Gasteiger partial charge in [0.1, 0.15) is 16.5 Å². The third-order valence-electron chi connectivity index (χ3n) is 4.30. The van der Waals surface area contributed by atoms with Crippen molar-refractivity contribution in [3.63, 3.8) is 0 Å². The summed E-state index contributed by atoms with van der Waals surface area (Å²) < 4.78 is 15.5. The lowest BCUT2D eigenvalue weighted by Crippen LogP contribution is -2.15. The Morgan fingerprint density at radius 3 is 2.77 bits per heavy atom. The van der Waals surface area contributed by atoms with E-state index in [1.54, 1.807) is 49.5 Å². The Bertz CT molecular complexity index is 1050. The maximum absolute atomic E-state index is 12.9. The van der Waals surface area contributed by atoms with E-state index in [1.165, 1.54) is 11.8 Å². The fourth-order valence-corrected chi connectivity index (χ4v) is 3.88. The molecule has 162 valence electrons. The van der Waals surface area contributed by atoms with E-state index in [-0.39, 0.29) is 12.5 Å². The number of benzene rings is 1. The Balaban J connectivity index is 1.67. The Morgan fingerprint density at radius 1 is 1.19 bits per heavy atom. The van der Waals surface area contributed by atoms with Crippen molar-refractivity contribution in [1.29, 1.82) is 0 Å². The first kappa shape index (κ1) is 22.4. The molecule has 3 rings (SSSR count). The zero-order valence-electron chi connectivity index (χ0n) is 17.5. The number of hydrogen-bond donors (Lipinski definition) is 1. The summed E-state index contributed by atoms with van der Waals surface area (Å²) in [6, 6.07) is 10.2. The second-order valence-corrected chi connectivity index (χ2v) is 7.49. The summed E-state index contributed by atoms with van der Waals surface area (Å²) in [6.07, 6.45) is 1.65. The van der Waals surface area contributed by atoms with Crippen molar-refractivity contribution in [3.8, 4) is 5.75 Å². The second-order valence-electron chi connectivity index (χ2n) is 6.52. The summed E-state index contributed by atoms with van der Waals surface area (Å²) in [5.41, 5.74) is 2.81. The van der Waals surface area contributed by atoms with Gasteiger partial charge in [-0.2, -0.15) is 0 Å². The van der Waals surface area contributed by atoms with Crippen LogP contribution in [0.5, 0.6) is 5.75 Å². The van der Waals surface area contributed by atoms with E-state index in [4.69, 9.17) is 14.0 Å². The molecular weight excluding hydrogens is 418 g/mol. The molecule has 0 aliphatic carbocycles. The number of carbonyl (C=O) groups excluding carboxylic acids is 2. The zero-order chi connectivity index (χ0) is 22.2. The molecule has 0 radical (unpaired) electrons. The van der Waals surface area contributed by atoms with Crippen molar-refractivity contribution in [2.45, 2.75) is 31.6 Å². The number of amides is 1. The van der Waals surface area contributed by atoms with E-state index in [1.807, 2.05) is 13.8 Å². The van der Waals surface area contributed by atoms with Gasteiger partial charge in [0.2, 0.25) is 0 Å². The number of anilines is 1. The molecular formula is C22H23N3O5S. The summed E-state index contributed by atoms with van der Waals surface area (Å²) in [7, 11) is 0. The van der Waals surface area contributed by atoms with E-state index < -0.39 is 5.97 Å². The van der Waals surface area contributed by atoms with Gasteiger partial charge in [-0.25, -0.2) is 9.78 Å². The molecule has 0 unspecified atom stereocenters. The Kier molecular flexibility index (Phi) is 7.66. The van der Waals surface area contributed by atoms with Gasteiger partial charge in [-0.1, -0.05) is 11.2 Å². The summed E-state index contributed by atoms with van der Waals surface area (Å²) in [5.74, 6) is 1.05. The van der Waals surface area contributed by atoms with Crippen LogP contribution in [0.15, 0.2) is 52.1 Å². The van der Waals surface area contributed by atoms with Crippen molar-refractivity contribution in [2.75, 3.05) is 18.5 Å². The van der Waals surface area contributed by atoms with E-state index >= 15 is 0 Å². The van der Waals surface area contributed by atoms with Gasteiger partial charge in [0.05, 0.1) is 17.9 Å². The molecule has 3 aromatic rings. The van der Waals surface area contributed by atoms with Gasteiger partial charge in [0.25, 0.3) is 5.91 Å². The van der Waals surface area contributed by atoms with E-state index in [9.17, 15) is 9.59 Å².